The van der Waals surface area contributed by atoms with Gasteiger partial charge in [0, 0.05) is 39.7 Å². The number of benzene rings is 2. The van der Waals surface area contributed by atoms with Gasteiger partial charge in [-0.2, -0.15) is 13.8 Å². The van der Waals surface area contributed by atoms with E-state index in [0.717, 1.165) is 9.86 Å². The number of hydrogen-bond acceptors (Lipinski definition) is 9. The Balaban J connectivity index is 1.84. The summed E-state index contributed by atoms with van der Waals surface area (Å²) in [6.45, 7) is -2.71. The summed E-state index contributed by atoms with van der Waals surface area (Å²) in [5.41, 5.74) is 0.277. The largest absolute Gasteiger partial charge is 0.481 e. The number of fused-ring (bicyclic) bond motifs is 2. The van der Waals surface area contributed by atoms with Crippen molar-refractivity contribution in [3.8, 4) is 29.1 Å². The summed E-state index contributed by atoms with van der Waals surface area (Å²) in [6, 6.07) is 15.8. The molecular weight excluding hydrogens is 616 g/mol. The van der Waals surface area contributed by atoms with E-state index in [-0.39, 0.29) is 30.5 Å². The van der Waals surface area contributed by atoms with Crippen LogP contribution in [0, 0.1) is 0 Å². The summed E-state index contributed by atoms with van der Waals surface area (Å²) in [7, 11) is 6.62. The topological polar surface area (TPSA) is 95.4 Å². The molecule has 1 aliphatic rings. The average molecular weight is 646 g/mol. The summed E-state index contributed by atoms with van der Waals surface area (Å²) >= 11 is 3.53. The van der Waals surface area contributed by atoms with Crippen LogP contribution in [0.1, 0.15) is 29.0 Å². The number of methoxy groups -OCH3 is 2. The number of para-hydroxylation sites is 1. The van der Waals surface area contributed by atoms with Crippen molar-refractivity contribution in [2.45, 2.75) is 24.6 Å². The van der Waals surface area contributed by atoms with Crippen molar-refractivity contribution in [1.82, 2.24) is 14.9 Å². The predicted molar refractivity (Wildman–Crippen MR) is 155 cm³/mol. The van der Waals surface area contributed by atoms with Crippen LogP contribution >= 0.6 is 15.9 Å². The molecule has 9 nitrogen and oxygen atoms in total. The first kappa shape index (κ1) is 29.7. The maximum atomic E-state index is 13.3. The van der Waals surface area contributed by atoms with Gasteiger partial charge in [-0.25, -0.2) is 4.98 Å². The molecular formula is C30H30BrF2N3O6. The molecule has 12 heteroatoms. The SMILES string of the molecule is COc1cc([C@](O)(CCN(C)C)[C@@H](c2cc3cc(Br)ccc3nc2OC)c2cccc3c2OCO3)cc(OC(F)F)n1. The Morgan fingerprint density at radius 2 is 1.79 bits per heavy atom. The lowest BCUT2D eigenvalue weighted by Crippen LogP contribution is -2.38. The van der Waals surface area contributed by atoms with Crippen LogP contribution < -0.4 is 23.7 Å². The highest BCUT2D eigenvalue weighted by Crippen LogP contribution is 2.52. The van der Waals surface area contributed by atoms with Crippen molar-refractivity contribution in [2.24, 2.45) is 0 Å². The molecule has 0 bridgehead atoms. The molecule has 1 aliphatic heterocycles. The van der Waals surface area contributed by atoms with Crippen molar-refractivity contribution >= 4 is 26.8 Å². The van der Waals surface area contributed by atoms with Gasteiger partial charge >= 0.3 is 6.61 Å². The Kier molecular flexibility index (Phi) is 8.67. The van der Waals surface area contributed by atoms with Crippen LogP contribution in [0.2, 0.25) is 0 Å². The first-order valence-corrected chi connectivity index (χ1v) is 13.8. The minimum absolute atomic E-state index is 0.00409. The van der Waals surface area contributed by atoms with Gasteiger partial charge < -0.3 is 33.7 Å². The molecule has 0 amide bonds. The molecule has 4 aromatic rings. The van der Waals surface area contributed by atoms with Gasteiger partial charge in [0.25, 0.3) is 0 Å². The number of aliphatic hydroxyl groups is 1. The van der Waals surface area contributed by atoms with Crippen LogP contribution in [0.5, 0.6) is 29.1 Å². The van der Waals surface area contributed by atoms with Crippen LogP contribution in [0.25, 0.3) is 10.9 Å². The summed E-state index contributed by atoms with van der Waals surface area (Å²) in [5.74, 6) is -0.0577. The molecule has 0 unspecified atom stereocenters. The highest BCUT2D eigenvalue weighted by molar-refractivity contribution is 9.10. The van der Waals surface area contributed by atoms with Crippen LogP contribution in [-0.4, -0.2) is 68.2 Å². The van der Waals surface area contributed by atoms with Crippen LogP contribution in [0.3, 0.4) is 0 Å². The standard InChI is InChI=1S/C30H30BrF2N3O6/c1-36(2)11-10-30(37,18-14-24(38-3)35-25(15-18)42-29(32)33)26(20-6-5-7-23-27(20)41-16-40-23)21-13-17-12-19(31)8-9-22(17)34-28(21)39-4/h5-9,12-15,26,29,37H,10-11,16H2,1-4H3/t26-,30-/m1/s1. The van der Waals surface area contributed by atoms with E-state index in [1.54, 1.807) is 12.1 Å². The normalized spacial score (nSPS) is 14.7. The number of nitrogens with zero attached hydrogens (tertiary/aromatic N) is 3. The minimum Gasteiger partial charge on any atom is -0.481 e. The molecule has 2 aromatic heterocycles. The van der Waals surface area contributed by atoms with E-state index >= 15 is 0 Å². The van der Waals surface area contributed by atoms with Crippen LogP contribution in [0.4, 0.5) is 8.78 Å². The summed E-state index contributed by atoms with van der Waals surface area (Å²) in [4.78, 5) is 10.7. The molecule has 0 saturated heterocycles. The van der Waals surface area contributed by atoms with Crippen LogP contribution in [-0.2, 0) is 5.60 Å². The zero-order chi connectivity index (χ0) is 30.0. The van der Waals surface area contributed by atoms with Gasteiger partial charge in [0.1, 0.15) is 5.60 Å². The third-order valence-corrected chi connectivity index (χ3v) is 7.62. The van der Waals surface area contributed by atoms with E-state index in [0.29, 0.717) is 34.7 Å². The van der Waals surface area contributed by atoms with Gasteiger partial charge in [-0.05, 0) is 56.4 Å². The molecule has 2 aromatic carbocycles. The number of halogens is 3. The fourth-order valence-corrected chi connectivity index (χ4v) is 5.59. The zero-order valence-corrected chi connectivity index (χ0v) is 25.0. The maximum Gasteiger partial charge on any atom is 0.388 e. The maximum absolute atomic E-state index is 13.3. The van der Waals surface area contributed by atoms with Crippen molar-refractivity contribution in [3.05, 3.63) is 75.8 Å². The van der Waals surface area contributed by atoms with Gasteiger partial charge in [-0.3, -0.25) is 0 Å². The number of rotatable bonds is 11. The monoisotopic (exact) mass is 645 g/mol. The molecule has 3 heterocycles. The number of ether oxygens (including phenoxy) is 5. The molecule has 1 N–H and O–H groups in total. The highest BCUT2D eigenvalue weighted by atomic mass is 79.9. The smallest absolute Gasteiger partial charge is 0.388 e. The number of hydrogen-bond donors (Lipinski definition) is 1. The second kappa shape index (κ2) is 12.2. The van der Waals surface area contributed by atoms with E-state index in [1.165, 1.54) is 26.4 Å². The second-order valence-electron chi connectivity index (χ2n) is 10.0. The average Bonchev–Trinajstić information content (AvgIpc) is 3.45. The van der Waals surface area contributed by atoms with Gasteiger partial charge in [-0.1, -0.05) is 28.1 Å². The van der Waals surface area contributed by atoms with Crippen molar-refractivity contribution < 1.29 is 37.6 Å². The first-order valence-electron chi connectivity index (χ1n) is 13.0. The molecule has 0 fully saturated rings. The van der Waals surface area contributed by atoms with E-state index in [4.69, 9.17) is 23.9 Å². The quantitative estimate of drug-likeness (QED) is 0.220. The first-order chi connectivity index (χ1) is 20.1. The lowest BCUT2D eigenvalue weighted by Gasteiger charge is -2.39. The highest BCUT2D eigenvalue weighted by Gasteiger charge is 2.45. The molecule has 42 heavy (non-hydrogen) atoms. The predicted octanol–water partition coefficient (Wildman–Crippen LogP) is 5.71. The van der Waals surface area contributed by atoms with Crippen molar-refractivity contribution in [3.63, 3.8) is 0 Å². The van der Waals surface area contributed by atoms with Gasteiger partial charge in [0.2, 0.25) is 24.4 Å². The fraction of sp³-hybridized carbons (Fsp3) is 0.333. The number of pyridine rings is 2. The molecule has 0 saturated carbocycles. The van der Waals surface area contributed by atoms with Gasteiger partial charge in [0.15, 0.2) is 11.5 Å². The Bertz CT molecular complexity index is 1590. The third kappa shape index (κ3) is 5.92. The molecule has 0 radical (unpaired) electrons. The van der Waals surface area contributed by atoms with E-state index in [9.17, 15) is 13.9 Å². The van der Waals surface area contributed by atoms with Crippen LogP contribution in [0.15, 0.2) is 59.1 Å². The third-order valence-electron chi connectivity index (χ3n) is 7.13. The fourth-order valence-electron chi connectivity index (χ4n) is 5.21. The Hall–Kier alpha value is -3.74. The molecule has 5 rings (SSSR count). The molecule has 222 valence electrons. The van der Waals surface area contributed by atoms with Crippen molar-refractivity contribution in [2.75, 3.05) is 41.7 Å². The Morgan fingerprint density at radius 3 is 2.50 bits per heavy atom. The lowest BCUT2D eigenvalue weighted by atomic mass is 9.71. The van der Waals surface area contributed by atoms with E-state index in [1.807, 2.05) is 49.3 Å². The molecule has 0 aliphatic carbocycles. The summed E-state index contributed by atoms with van der Waals surface area (Å²) in [5, 5.41) is 13.8. The molecule has 0 spiro atoms. The van der Waals surface area contributed by atoms with Crippen molar-refractivity contribution in [1.29, 1.82) is 0 Å². The Morgan fingerprint density at radius 1 is 1.00 bits per heavy atom. The number of alkyl halides is 2. The lowest BCUT2D eigenvalue weighted by molar-refractivity contribution is -0.0538. The number of aromatic nitrogens is 2. The summed E-state index contributed by atoms with van der Waals surface area (Å²) < 4.78 is 54.9. The van der Waals surface area contributed by atoms with Gasteiger partial charge in [0.05, 0.1) is 25.7 Å². The zero-order valence-electron chi connectivity index (χ0n) is 23.4. The second-order valence-corrected chi connectivity index (χ2v) is 10.9. The summed E-state index contributed by atoms with van der Waals surface area (Å²) in [6.07, 6.45) is 0.149. The van der Waals surface area contributed by atoms with E-state index < -0.39 is 24.0 Å². The van der Waals surface area contributed by atoms with Gasteiger partial charge in [-0.15, -0.1) is 0 Å². The Labute approximate surface area is 250 Å². The molecule has 2 atom stereocenters. The minimum atomic E-state index is -3.13. The van der Waals surface area contributed by atoms with E-state index in [2.05, 4.69) is 25.7 Å².